The molecule has 0 aliphatic rings. The summed E-state index contributed by atoms with van der Waals surface area (Å²) in [6.07, 6.45) is 1.77. The Morgan fingerprint density at radius 3 is 2.26 bits per heavy atom. The molecule has 1 heterocycles. The second kappa shape index (κ2) is 9.68. The van der Waals surface area contributed by atoms with E-state index < -0.39 is 22.7 Å². The Morgan fingerprint density at radius 2 is 1.74 bits per heavy atom. The maximum absolute atomic E-state index is 12.5. The van der Waals surface area contributed by atoms with Crippen molar-refractivity contribution in [3.05, 3.63) is 42.5 Å². The predicted octanol–water partition coefficient (Wildman–Crippen LogP) is 4.53. The maximum Gasteiger partial charge on any atom is 0.321 e. The molecular weight excluding hydrogens is 410 g/mol. The van der Waals surface area contributed by atoms with Crippen LogP contribution in [0.25, 0.3) is 11.4 Å². The first-order valence-electron chi connectivity index (χ1n) is 10.3. The van der Waals surface area contributed by atoms with Gasteiger partial charge >= 0.3 is 6.03 Å². The van der Waals surface area contributed by atoms with E-state index in [0.717, 1.165) is 5.56 Å². The Morgan fingerprint density at radius 1 is 1.13 bits per heavy atom. The number of nitrogens with one attached hydrogen (secondary N) is 2. The van der Waals surface area contributed by atoms with E-state index in [0.29, 0.717) is 17.5 Å². The molecule has 0 radical (unpaired) electrons. The molecule has 1 atom stereocenters. The largest absolute Gasteiger partial charge is 0.333 e. The van der Waals surface area contributed by atoms with Gasteiger partial charge < -0.3 is 5.32 Å². The fraction of sp³-hybridized carbons (Fsp3) is 0.478. The van der Waals surface area contributed by atoms with Crippen molar-refractivity contribution >= 4 is 23.7 Å². The number of carbonyl (C=O) groups is 2. The summed E-state index contributed by atoms with van der Waals surface area (Å²) < 4.78 is 1.92. The number of imide groups is 1. The number of hydrogen-bond donors (Lipinski definition) is 2. The van der Waals surface area contributed by atoms with E-state index in [1.165, 1.54) is 17.3 Å². The van der Waals surface area contributed by atoms with Crippen LogP contribution in [0.1, 0.15) is 54.0 Å². The molecule has 0 aliphatic heterocycles. The summed E-state index contributed by atoms with van der Waals surface area (Å²) in [6, 6.07) is 7.74. The van der Waals surface area contributed by atoms with Crippen LogP contribution in [0.5, 0.6) is 0 Å². The summed E-state index contributed by atoms with van der Waals surface area (Å²) in [4.78, 5) is 24.4. The third-order valence-corrected chi connectivity index (χ3v) is 5.49. The molecule has 31 heavy (non-hydrogen) atoms. The Balaban J connectivity index is 2.19. The average Bonchev–Trinajstić information content (AvgIpc) is 3.02. The van der Waals surface area contributed by atoms with Gasteiger partial charge in [-0.2, -0.15) is 0 Å². The number of hydrogen-bond acceptors (Lipinski definition) is 5. The van der Waals surface area contributed by atoms with Crippen LogP contribution in [0.15, 0.2) is 42.1 Å². The lowest BCUT2D eigenvalue weighted by Crippen LogP contribution is -2.49. The molecule has 2 rings (SSSR count). The summed E-state index contributed by atoms with van der Waals surface area (Å²) in [6.45, 7) is 18.1. The summed E-state index contributed by atoms with van der Waals surface area (Å²) in [7, 11) is 0. The number of aromatic nitrogens is 3. The predicted molar refractivity (Wildman–Crippen MR) is 126 cm³/mol. The topological polar surface area (TPSA) is 88.9 Å². The molecule has 0 saturated heterocycles. The fourth-order valence-electron chi connectivity index (χ4n) is 2.80. The van der Waals surface area contributed by atoms with Crippen molar-refractivity contribution in [2.24, 2.45) is 0 Å². The highest BCUT2D eigenvalue weighted by Crippen LogP contribution is 2.29. The number of rotatable bonds is 6. The van der Waals surface area contributed by atoms with E-state index >= 15 is 0 Å². The van der Waals surface area contributed by atoms with Crippen molar-refractivity contribution in [1.82, 2.24) is 25.4 Å². The highest BCUT2D eigenvalue weighted by atomic mass is 32.2. The molecule has 2 aromatic rings. The molecule has 3 amide bonds. The van der Waals surface area contributed by atoms with E-state index in [9.17, 15) is 9.59 Å². The van der Waals surface area contributed by atoms with Crippen LogP contribution in [0.2, 0.25) is 0 Å². The van der Waals surface area contributed by atoms with Gasteiger partial charge in [0.25, 0.3) is 0 Å². The number of carbonyl (C=O) groups excluding carboxylic acids is 2. The van der Waals surface area contributed by atoms with Crippen molar-refractivity contribution in [2.45, 2.75) is 76.4 Å². The molecule has 1 aromatic heterocycles. The Labute approximate surface area is 189 Å². The monoisotopic (exact) mass is 443 g/mol. The zero-order valence-corrected chi connectivity index (χ0v) is 20.3. The lowest BCUT2D eigenvalue weighted by Gasteiger charge is -2.21. The van der Waals surface area contributed by atoms with Crippen LogP contribution in [0.4, 0.5) is 4.79 Å². The highest BCUT2D eigenvalue weighted by Gasteiger charge is 2.23. The molecule has 7 nitrogen and oxygen atoms in total. The molecule has 1 unspecified atom stereocenters. The first-order valence-corrected chi connectivity index (χ1v) is 11.1. The second-order valence-corrected chi connectivity index (χ2v) is 10.8. The van der Waals surface area contributed by atoms with Crippen molar-refractivity contribution in [2.75, 3.05) is 0 Å². The molecule has 0 saturated carbocycles. The lowest BCUT2D eigenvalue weighted by molar-refractivity contribution is -0.119. The summed E-state index contributed by atoms with van der Waals surface area (Å²) in [5, 5.41) is 13.8. The van der Waals surface area contributed by atoms with Gasteiger partial charge in [-0.25, -0.2) is 4.79 Å². The smallest absolute Gasteiger partial charge is 0.321 e. The summed E-state index contributed by atoms with van der Waals surface area (Å²) >= 11 is 1.25. The molecule has 8 heteroatoms. The number of nitrogens with zero attached hydrogens (tertiary/aromatic N) is 3. The Hall–Kier alpha value is -2.61. The minimum Gasteiger partial charge on any atom is -0.333 e. The molecular formula is C23H33N5O2S. The lowest BCUT2D eigenvalue weighted by atomic mass is 9.87. The summed E-state index contributed by atoms with van der Waals surface area (Å²) in [5.41, 5.74) is 1.81. The van der Waals surface area contributed by atoms with Crippen LogP contribution in [0.3, 0.4) is 0 Å². The number of allylic oxidation sites excluding steroid dienone is 1. The van der Waals surface area contributed by atoms with Gasteiger partial charge in [0.15, 0.2) is 11.0 Å². The van der Waals surface area contributed by atoms with Gasteiger partial charge in [-0.1, -0.05) is 62.9 Å². The van der Waals surface area contributed by atoms with Crippen molar-refractivity contribution in [1.29, 1.82) is 0 Å². The van der Waals surface area contributed by atoms with E-state index in [2.05, 4.69) is 60.3 Å². The van der Waals surface area contributed by atoms with Crippen LogP contribution >= 0.6 is 11.8 Å². The molecule has 0 aliphatic carbocycles. The molecule has 0 spiro atoms. The molecule has 1 aromatic carbocycles. The number of urea groups is 1. The fourth-order valence-corrected chi connectivity index (χ4v) is 3.66. The highest BCUT2D eigenvalue weighted by molar-refractivity contribution is 8.00. The third-order valence-electron chi connectivity index (χ3n) is 4.41. The van der Waals surface area contributed by atoms with E-state index in [1.807, 2.05) is 37.5 Å². The molecule has 2 N–H and O–H groups in total. The van der Waals surface area contributed by atoms with Crippen LogP contribution in [-0.2, 0) is 16.8 Å². The van der Waals surface area contributed by atoms with Gasteiger partial charge in [0.2, 0.25) is 5.91 Å². The van der Waals surface area contributed by atoms with E-state index in [4.69, 9.17) is 0 Å². The Kier molecular flexibility index (Phi) is 7.70. The normalized spacial score (nSPS) is 12.9. The van der Waals surface area contributed by atoms with Gasteiger partial charge in [-0.3, -0.25) is 14.7 Å². The minimum atomic E-state index is -0.533. The standard InChI is InChI=1S/C23H33N5O2S/c1-9-14-28-18(16-10-12-17(13-11-16)22(3,4)5)26-27-21(28)31-15(2)19(29)24-20(30)25-23(6,7)8/h9-13,15H,1,14H2,2-8H3,(H2,24,25,29,30). The van der Waals surface area contributed by atoms with Crippen molar-refractivity contribution in [3.63, 3.8) is 0 Å². The van der Waals surface area contributed by atoms with Crippen LogP contribution in [0, 0.1) is 0 Å². The van der Waals surface area contributed by atoms with E-state index in [-0.39, 0.29) is 5.41 Å². The Bertz CT molecular complexity index is 936. The number of thioether (sulfide) groups is 1. The van der Waals surface area contributed by atoms with Crippen molar-refractivity contribution < 1.29 is 9.59 Å². The minimum absolute atomic E-state index is 0.0659. The van der Waals surface area contributed by atoms with Crippen LogP contribution < -0.4 is 10.6 Å². The van der Waals surface area contributed by atoms with E-state index in [1.54, 1.807) is 13.0 Å². The SMILES string of the molecule is C=CCn1c(SC(C)C(=O)NC(=O)NC(C)(C)C)nnc1-c1ccc(C(C)(C)C)cc1. The second-order valence-electron chi connectivity index (χ2n) is 9.49. The molecule has 168 valence electrons. The van der Waals surface area contributed by atoms with Gasteiger partial charge in [-0.05, 0) is 38.7 Å². The number of amides is 3. The number of benzene rings is 1. The zero-order chi connectivity index (χ0) is 23.4. The molecule has 0 bridgehead atoms. The third kappa shape index (κ3) is 6.95. The first kappa shape index (κ1) is 24.7. The van der Waals surface area contributed by atoms with Gasteiger partial charge in [0, 0.05) is 17.6 Å². The quantitative estimate of drug-likeness (QED) is 0.506. The average molecular weight is 444 g/mol. The first-order chi connectivity index (χ1) is 14.3. The van der Waals surface area contributed by atoms with Gasteiger partial charge in [0.1, 0.15) is 0 Å². The summed E-state index contributed by atoms with van der Waals surface area (Å²) in [5.74, 6) is 0.317. The van der Waals surface area contributed by atoms with Gasteiger partial charge in [-0.15, -0.1) is 16.8 Å². The zero-order valence-electron chi connectivity index (χ0n) is 19.4. The van der Waals surface area contributed by atoms with Crippen molar-refractivity contribution in [3.8, 4) is 11.4 Å². The van der Waals surface area contributed by atoms with Crippen LogP contribution in [-0.4, -0.2) is 37.5 Å². The maximum atomic E-state index is 12.5. The van der Waals surface area contributed by atoms with Gasteiger partial charge in [0.05, 0.1) is 5.25 Å². The molecule has 0 fully saturated rings.